The second-order valence-corrected chi connectivity index (χ2v) is 6.25. The number of ketones is 1. The van der Waals surface area contributed by atoms with Crippen molar-refractivity contribution in [3.05, 3.63) is 77.6 Å². The van der Waals surface area contributed by atoms with Gasteiger partial charge in [-0.05, 0) is 58.8 Å². The molecule has 1 N–H and O–H groups in total. The maximum atomic E-state index is 12.9. The molecule has 0 aliphatic carbocycles. The number of nitrogens with one attached hydrogen (secondary N) is 1. The fraction of sp³-hybridized carbons (Fsp3) is 0.182. The maximum Gasteiger partial charge on any atom is 0.220 e. The van der Waals surface area contributed by atoms with Gasteiger partial charge in [-0.1, -0.05) is 18.2 Å². The first-order chi connectivity index (χ1) is 13.0. The van der Waals surface area contributed by atoms with Crippen LogP contribution in [-0.4, -0.2) is 18.8 Å². The Morgan fingerprint density at radius 2 is 1.63 bits per heavy atom. The van der Waals surface area contributed by atoms with Crippen molar-refractivity contribution in [1.82, 2.24) is 5.32 Å². The smallest absolute Gasteiger partial charge is 0.220 e. The van der Waals surface area contributed by atoms with Crippen LogP contribution in [0, 0.1) is 5.82 Å². The summed E-state index contributed by atoms with van der Waals surface area (Å²) in [5, 5.41) is 4.95. The molecule has 0 bridgehead atoms. The van der Waals surface area contributed by atoms with E-state index in [1.54, 1.807) is 7.11 Å². The van der Waals surface area contributed by atoms with E-state index in [1.807, 2.05) is 36.4 Å². The SMILES string of the molecule is COc1ccc2cc(CNC(=O)CCC(=O)c3ccc(F)cc3)ccc2c1. The summed E-state index contributed by atoms with van der Waals surface area (Å²) in [4.78, 5) is 24.0. The van der Waals surface area contributed by atoms with Crippen LogP contribution in [0.3, 0.4) is 0 Å². The number of amides is 1. The lowest BCUT2D eigenvalue weighted by Crippen LogP contribution is -2.23. The molecule has 0 atom stereocenters. The van der Waals surface area contributed by atoms with Gasteiger partial charge in [0.2, 0.25) is 5.91 Å². The van der Waals surface area contributed by atoms with Crippen LogP contribution in [0.25, 0.3) is 10.8 Å². The molecule has 138 valence electrons. The van der Waals surface area contributed by atoms with Crippen LogP contribution in [-0.2, 0) is 11.3 Å². The molecule has 0 radical (unpaired) electrons. The van der Waals surface area contributed by atoms with E-state index in [-0.39, 0.29) is 24.5 Å². The number of hydrogen-bond donors (Lipinski definition) is 1. The van der Waals surface area contributed by atoms with Gasteiger partial charge in [0.1, 0.15) is 11.6 Å². The molecule has 0 aliphatic rings. The number of hydrogen-bond acceptors (Lipinski definition) is 3. The van der Waals surface area contributed by atoms with Crippen molar-refractivity contribution < 1.29 is 18.7 Å². The third-order valence-electron chi connectivity index (χ3n) is 4.35. The lowest BCUT2D eigenvalue weighted by atomic mass is 10.1. The summed E-state index contributed by atoms with van der Waals surface area (Å²) >= 11 is 0. The second kappa shape index (κ2) is 8.45. The average molecular weight is 365 g/mol. The number of ether oxygens (including phenoxy) is 1. The molecule has 3 rings (SSSR count). The van der Waals surface area contributed by atoms with Crippen LogP contribution in [0.2, 0.25) is 0 Å². The van der Waals surface area contributed by atoms with E-state index in [1.165, 1.54) is 24.3 Å². The molecule has 5 heteroatoms. The fourth-order valence-corrected chi connectivity index (χ4v) is 2.81. The third-order valence-corrected chi connectivity index (χ3v) is 4.35. The van der Waals surface area contributed by atoms with E-state index >= 15 is 0 Å². The van der Waals surface area contributed by atoms with E-state index in [0.29, 0.717) is 12.1 Å². The topological polar surface area (TPSA) is 55.4 Å². The molecule has 27 heavy (non-hydrogen) atoms. The summed E-state index contributed by atoms with van der Waals surface area (Å²) in [5.74, 6) is 0.0394. The zero-order valence-corrected chi connectivity index (χ0v) is 15.0. The molecule has 0 spiro atoms. The minimum Gasteiger partial charge on any atom is -0.497 e. The van der Waals surface area contributed by atoms with Crippen LogP contribution in [0.5, 0.6) is 5.75 Å². The molecule has 0 unspecified atom stereocenters. The quantitative estimate of drug-likeness (QED) is 0.636. The van der Waals surface area contributed by atoms with Crippen molar-refractivity contribution in [2.24, 2.45) is 0 Å². The molecule has 4 nitrogen and oxygen atoms in total. The number of halogens is 1. The number of carbonyl (C=O) groups excluding carboxylic acids is 2. The van der Waals surface area contributed by atoms with Gasteiger partial charge in [0.15, 0.2) is 5.78 Å². The van der Waals surface area contributed by atoms with Gasteiger partial charge in [0.05, 0.1) is 7.11 Å². The van der Waals surface area contributed by atoms with Crippen LogP contribution in [0.1, 0.15) is 28.8 Å². The third kappa shape index (κ3) is 4.91. The van der Waals surface area contributed by atoms with Gasteiger partial charge in [0, 0.05) is 24.9 Å². The molecule has 0 aliphatic heterocycles. The highest BCUT2D eigenvalue weighted by molar-refractivity contribution is 5.97. The standard InChI is InChI=1S/C22H20FNO3/c1-27-20-9-6-17-12-15(2-3-18(17)13-20)14-24-22(26)11-10-21(25)16-4-7-19(23)8-5-16/h2-9,12-13H,10-11,14H2,1H3,(H,24,26). The Hall–Kier alpha value is -3.21. The highest BCUT2D eigenvalue weighted by Gasteiger charge is 2.09. The Morgan fingerprint density at radius 3 is 2.37 bits per heavy atom. The summed E-state index contributed by atoms with van der Waals surface area (Å²) < 4.78 is 18.1. The Kier molecular flexibility index (Phi) is 5.81. The van der Waals surface area contributed by atoms with Crippen molar-refractivity contribution in [3.8, 4) is 5.75 Å². The van der Waals surface area contributed by atoms with E-state index in [4.69, 9.17) is 4.74 Å². The Balaban J connectivity index is 1.52. The van der Waals surface area contributed by atoms with Crippen LogP contribution >= 0.6 is 0 Å². The van der Waals surface area contributed by atoms with Crippen LogP contribution in [0.15, 0.2) is 60.7 Å². The predicted molar refractivity (Wildman–Crippen MR) is 102 cm³/mol. The Labute approximate surface area is 157 Å². The average Bonchev–Trinajstić information content (AvgIpc) is 2.70. The maximum absolute atomic E-state index is 12.9. The van der Waals surface area contributed by atoms with Crippen LogP contribution < -0.4 is 10.1 Å². The first-order valence-electron chi connectivity index (χ1n) is 8.67. The fourth-order valence-electron chi connectivity index (χ4n) is 2.81. The first kappa shape index (κ1) is 18.6. The number of Topliss-reactive ketones (excluding diaryl/α,β-unsaturated/α-hetero) is 1. The summed E-state index contributed by atoms with van der Waals surface area (Å²) in [6, 6.07) is 17.1. The number of carbonyl (C=O) groups is 2. The molecular weight excluding hydrogens is 345 g/mol. The molecule has 0 heterocycles. The van der Waals surface area contributed by atoms with E-state index in [9.17, 15) is 14.0 Å². The Morgan fingerprint density at radius 1 is 0.926 bits per heavy atom. The molecular formula is C22H20FNO3. The molecule has 3 aromatic rings. The molecule has 0 saturated carbocycles. The monoisotopic (exact) mass is 365 g/mol. The second-order valence-electron chi connectivity index (χ2n) is 6.25. The number of methoxy groups -OCH3 is 1. The van der Waals surface area contributed by atoms with Crippen molar-refractivity contribution in [1.29, 1.82) is 0 Å². The number of benzene rings is 3. The van der Waals surface area contributed by atoms with Crippen LogP contribution in [0.4, 0.5) is 4.39 Å². The molecule has 1 amide bonds. The highest BCUT2D eigenvalue weighted by atomic mass is 19.1. The van der Waals surface area contributed by atoms with Gasteiger partial charge in [-0.25, -0.2) is 4.39 Å². The van der Waals surface area contributed by atoms with E-state index in [0.717, 1.165) is 22.1 Å². The summed E-state index contributed by atoms with van der Waals surface area (Å²) in [7, 11) is 1.63. The lowest BCUT2D eigenvalue weighted by molar-refractivity contribution is -0.121. The summed E-state index contributed by atoms with van der Waals surface area (Å²) in [6.45, 7) is 0.394. The minimum absolute atomic E-state index is 0.0922. The number of fused-ring (bicyclic) bond motifs is 1. The minimum atomic E-state index is -0.391. The van der Waals surface area contributed by atoms with Crippen molar-refractivity contribution in [2.75, 3.05) is 7.11 Å². The largest absolute Gasteiger partial charge is 0.497 e. The van der Waals surface area contributed by atoms with Crippen molar-refractivity contribution in [2.45, 2.75) is 19.4 Å². The molecule has 0 aromatic heterocycles. The van der Waals surface area contributed by atoms with Gasteiger partial charge < -0.3 is 10.1 Å². The summed E-state index contributed by atoms with van der Waals surface area (Å²) in [5.41, 5.74) is 1.39. The molecule has 0 saturated heterocycles. The first-order valence-corrected chi connectivity index (χ1v) is 8.67. The Bertz CT molecular complexity index is 967. The van der Waals surface area contributed by atoms with E-state index in [2.05, 4.69) is 5.32 Å². The zero-order valence-electron chi connectivity index (χ0n) is 15.0. The van der Waals surface area contributed by atoms with E-state index < -0.39 is 5.82 Å². The van der Waals surface area contributed by atoms with Crippen molar-refractivity contribution >= 4 is 22.5 Å². The highest BCUT2D eigenvalue weighted by Crippen LogP contribution is 2.21. The molecule has 3 aromatic carbocycles. The predicted octanol–water partition coefficient (Wildman–Crippen LogP) is 4.27. The summed E-state index contributed by atoms with van der Waals surface area (Å²) in [6.07, 6.45) is 0.190. The van der Waals surface area contributed by atoms with Gasteiger partial charge in [0.25, 0.3) is 0 Å². The van der Waals surface area contributed by atoms with Gasteiger partial charge >= 0.3 is 0 Å². The number of rotatable bonds is 7. The zero-order chi connectivity index (χ0) is 19.2. The van der Waals surface area contributed by atoms with Gasteiger partial charge in [-0.15, -0.1) is 0 Å². The normalized spacial score (nSPS) is 10.6. The van der Waals surface area contributed by atoms with Crippen molar-refractivity contribution in [3.63, 3.8) is 0 Å². The van der Waals surface area contributed by atoms with Gasteiger partial charge in [-0.2, -0.15) is 0 Å². The lowest BCUT2D eigenvalue weighted by Gasteiger charge is -2.08. The van der Waals surface area contributed by atoms with Gasteiger partial charge in [-0.3, -0.25) is 9.59 Å². The molecule has 0 fully saturated rings.